The van der Waals surface area contributed by atoms with Gasteiger partial charge in [0.1, 0.15) is 11.6 Å². The predicted molar refractivity (Wildman–Crippen MR) is 137 cm³/mol. The molecule has 9 heteroatoms. The molecule has 0 spiro atoms. The first kappa shape index (κ1) is 23.5. The van der Waals surface area contributed by atoms with Gasteiger partial charge in [0.2, 0.25) is 11.8 Å². The molecule has 0 unspecified atom stereocenters. The van der Waals surface area contributed by atoms with Crippen LogP contribution in [0.4, 0.5) is 4.39 Å². The van der Waals surface area contributed by atoms with Crippen LogP contribution in [-0.2, 0) is 17.8 Å². The van der Waals surface area contributed by atoms with Gasteiger partial charge >= 0.3 is 0 Å². The molecule has 2 fully saturated rings. The Hall–Kier alpha value is -3.85. The number of aromatic amines is 1. The summed E-state index contributed by atoms with van der Waals surface area (Å²) >= 11 is 0. The van der Waals surface area contributed by atoms with E-state index in [-0.39, 0.29) is 0 Å². The van der Waals surface area contributed by atoms with Crippen molar-refractivity contribution in [2.24, 2.45) is 5.92 Å². The summed E-state index contributed by atoms with van der Waals surface area (Å²) in [6.45, 7) is 4.25. The van der Waals surface area contributed by atoms with Crippen LogP contribution < -0.4 is 4.74 Å². The Labute approximate surface area is 214 Å². The number of methoxy groups -OCH3 is 1. The molecule has 1 aromatic carbocycles. The zero-order valence-electron chi connectivity index (χ0n) is 20.8. The lowest BCUT2D eigenvalue weighted by atomic mass is 10.1. The Bertz CT molecular complexity index is 1440. The molecule has 1 saturated carbocycles. The smallest absolute Gasteiger partial charge is 0.225 e. The Morgan fingerprint density at radius 1 is 1.11 bits per heavy atom. The molecule has 1 saturated heterocycles. The zero-order chi connectivity index (χ0) is 25.4. The molecule has 3 aromatic heterocycles. The number of pyridine rings is 2. The maximum absolute atomic E-state index is 14.4. The van der Waals surface area contributed by atoms with Gasteiger partial charge in [-0.25, -0.2) is 14.4 Å². The van der Waals surface area contributed by atoms with E-state index in [1.54, 1.807) is 6.07 Å². The molecule has 6 rings (SSSR count). The number of amides is 1. The highest BCUT2D eigenvalue weighted by Crippen LogP contribution is 2.31. The maximum Gasteiger partial charge on any atom is 0.225 e. The van der Waals surface area contributed by atoms with Crippen molar-refractivity contribution in [3.05, 3.63) is 71.7 Å². The van der Waals surface area contributed by atoms with Crippen molar-refractivity contribution in [1.29, 1.82) is 0 Å². The van der Waals surface area contributed by atoms with Gasteiger partial charge in [-0.1, -0.05) is 6.07 Å². The minimum atomic E-state index is -0.406. The quantitative estimate of drug-likeness (QED) is 0.415. The number of aromatic nitrogens is 4. The van der Waals surface area contributed by atoms with Crippen molar-refractivity contribution in [1.82, 2.24) is 29.7 Å². The first-order chi connectivity index (χ1) is 18.1. The summed E-state index contributed by atoms with van der Waals surface area (Å²) in [5.74, 6) is 1.39. The van der Waals surface area contributed by atoms with E-state index in [1.807, 2.05) is 35.4 Å². The number of imidazole rings is 1. The molecular formula is C28H29FN6O2. The zero-order valence-corrected chi connectivity index (χ0v) is 20.8. The topological polar surface area (TPSA) is 87.2 Å². The molecule has 190 valence electrons. The van der Waals surface area contributed by atoms with Crippen molar-refractivity contribution < 1.29 is 13.9 Å². The minimum Gasteiger partial charge on any atom is -0.481 e. The maximum atomic E-state index is 14.4. The number of nitrogens with zero attached hydrogens (tertiary/aromatic N) is 5. The summed E-state index contributed by atoms with van der Waals surface area (Å²) in [7, 11) is 1.51. The van der Waals surface area contributed by atoms with Crippen LogP contribution in [0.1, 0.15) is 29.9 Å². The third-order valence-electron chi connectivity index (χ3n) is 7.13. The molecule has 4 heterocycles. The second kappa shape index (κ2) is 9.89. The van der Waals surface area contributed by atoms with E-state index in [0.29, 0.717) is 29.7 Å². The summed E-state index contributed by atoms with van der Waals surface area (Å²) in [5.41, 5.74) is 4.93. The second-order valence-electron chi connectivity index (χ2n) is 9.83. The van der Waals surface area contributed by atoms with Gasteiger partial charge in [-0.3, -0.25) is 14.7 Å². The molecule has 1 aliphatic heterocycles. The molecule has 0 bridgehead atoms. The average Bonchev–Trinajstić information content (AvgIpc) is 3.69. The number of rotatable bonds is 7. The molecule has 4 aromatic rings. The molecular weight excluding hydrogens is 471 g/mol. The molecule has 8 nitrogen and oxygen atoms in total. The van der Waals surface area contributed by atoms with Crippen LogP contribution in [-0.4, -0.2) is 68.9 Å². The van der Waals surface area contributed by atoms with Gasteiger partial charge in [-0.15, -0.1) is 0 Å². The Morgan fingerprint density at radius 2 is 1.95 bits per heavy atom. The molecule has 0 radical (unpaired) electrons. The van der Waals surface area contributed by atoms with Gasteiger partial charge in [0.15, 0.2) is 0 Å². The van der Waals surface area contributed by atoms with E-state index in [2.05, 4.69) is 25.9 Å². The van der Waals surface area contributed by atoms with Gasteiger partial charge in [-0.05, 0) is 48.2 Å². The van der Waals surface area contributed by atoms with Gasteiger partial charge in [0, 0.05) is 68.6 Å². The molecule has 2 aliphatic rings. The van der Waals surface area contributed by atoms with Gasteiger partial charge in [0.25, 0.3) is 0 Å². The SMILES string of the molecule is COc1cc(-c2ccc3nc(Cc4cc(CN5CCN(C(=O)C6CC6)CC5)ccn4)[nH]c3c2)c(F)cn1. The highest BCUT2D eigenvalue weighted by atomic mass is 19.1. The number of nitrogens with one attached hydrogen (secondary N) is 1. The lowest BCUT2D eigenvalue weighted by molar-refractivity contribution is -0.134. The van der Waals surface area contributed by atoms with Crippen LogP contribution in [0.25, 0.3) is 22.2 Å². The lowest BCUT2D eigenvalue weighted by Gasteiger charge is -2.35. The van der Waals surface area contributed by atoms with E-state index in [0.717, 1.165) is 73.7 Å². The van der Waals surface area contributed by atoms with Gasteiger partial charge in [-0.2, -0.15) is 0 Å². The van der Waals surface area contributed by atoms with E-state index >= 15 is 0 Å². The third kappa shape index (κ3) is 5.17. The second-order valence-corrected chi connectivity index (χ2v) is 9.83. The van der Waals surface area contributed by atoms with Crippen LogP contribution in [0.3, 0.4) is 0 Å². The average molecular weight is 501 g/mol. The number of benzene rings is 1. The molecule has 37 heavy (non-hydrogen) atoms. The standard InChI is InChI=1S/C28H29FN6O2/c1-37-27-15-22(23(29)16-31-27)20-4-5-24-25(13-20)33-26(32-24)14-21-12-18(6-7-30-21)17-34-8-10-35(11-9-34)28(36)19-2-3-19/h4-7,12-13,15-16,19H,2-3,8-11,14,17H2,1H3,(H,32,33). The highest BCUT2D eigenvalue weighted by molar-refractivity contribution is 5.82. The first-order valence-corrected chi connectivity index (χ1v) is 12.7. The van der Waals surface area contributed by atoms with Crippen molar-refractivity contribution in [3.63, 3.8) is 0 Å². The normalized spacial score (nSPS) is 16.3. The monoisotopic (exact) mass is 500 g/mol. The molecule has 1 amide bonds. The van der Waals surface area contributed by atoms with Gasteiger partial charge < -0.3 is 14.6 Å². The first-order valence-electron chi connectivity index (χ1n) is 12.7. The number of piperazine rings is 1. The number of carbonyl (C=O) groups is 1. The molecule has 0 atom stereocenters. The van der Waals surface area contributed by atoms with E-state index < -0.39 is 5.82 Å². The largest absolute Gasteiger partial charge is 0.481 e. The summed E-state index contributed by atoms with van der Waals surface area (Å²) in [5, 5.41) is 0. The van der Waals surface area contributed by atoms with E-state index in [9.17, 15) is 9.18 Å². The summed E-state index contributed by atoms with van der Waals surface area (Å²) in [6, 6.07) is 11.4. The van der Waals surface area contributed by atoms with Gasteiger partial charge in [0.05, 0.1) is 24.3 Å². The summed E-state index contributed by atoms with van der Waals surface area (Å²) < 4.78 is 19.6. The number of H-pyrrole nitrogens is 1. The fourth-order valence-corrected chi connectivity index (χ4v) is 4.93. The van der Waals surface area contributed by atoms with Crippen LogP contribution in [0.2, 0.25) is 0 Å². The molecule has 1 aliphatic carbocycles. The van der Waals surface area contributed by atoms with E-state index in [4.69, 9.17) is 9.72 Å². The van der Waals surface area contributed by atoms with Crippen LogP contribution in [0.15, 0.2) is 48.8 Å². The lowest BCUT2D eigenvalue weighted by Crippen LogP contribution is -2.48. The van der Waals surface area contributed by atoms with Crippen molar-refractivity contribution in [2.75, 3.05) is 33.3 Å². The number of halogens is 1. The number of hydrogen-bond acceptors (Lipinski definition) is 6. The summed E-state index contributed by atoms with van der Waals surface area (Å²) in [4.78, 5) is 33.3. The Kier molecular flexibility index (Phi) is 6.30. The van der Waals surface area contributed by atoms with Crippen molar-refractivity contribution >= 4 is 16.9 Å². The number of carbonyl (C=O) groups excluding carboxylic acids is 1. The predicted octanol–water partition coefficient (Wildman–Crippen LogP) is 3.81. The third-order valence-corrected chi connectivity index (χ3v) is 7.13. The minimum absolute atomic E-state index is 0.291. The van der Waals surface area contributed by atoms with Crippen molar-refractivity contribution in [2.45, 2.75) is 25.8 Å². The Balaban J connectivity index is 1.13. The highest BCUT2D eigenvalue weighted by Gasteiger charge is 2.34. The van der Waals surface area contributed by atoms with E-state index in [1.165, 1.54) is 18.9 Å². The molecule has 1 N–H and O–H groups in total. The number of fused-ring (bicyclic) bond motifs is 1. The van der Waals surface area contributed by atoms with Crippen LogP contribution in [0.5, 0.6) is 5.88 Å². The fraction of sp³-hybridized carbons (Fsp3) is 0.357. The van der Waals surface area contributed by atoms with Crippen molar-refractivity contribution in [3.8, 4) is 17.0 Å². The number of ether oxygens (including phenoxy) is 1. The van der Waals surface area contributed by atoms with Crippen LogP contribution >= 0.6 is 0 Å². The number of hydrogen-bond donors (Lipinski definition) is 1. The fourth-order valence-electron chi connectivity index (χ4n) is 4.93. The Morgan fingerprint density at radius 3 is 2.73 bits per heavy atom. The summed E-state index contributed by atoms with van der Waals surface area (Å²) in [6.07, 6.45) is 5.70. The van der Waals surface area contributed by atoms with Crippen LogP contribution in [0, 0.1) is 11.7 Å².